The quantitative estimate of drug-likeness (QED) is 0.781. The molecule has 78 valence electrons. The fourth-order valence-corrected chi connectivity index (χ4v) is 1.96. The minimum atomic E-state index is -0.381. The third-order valence-corrected chi connectivity index (χ3v) is 2.67. The minimum absolute atomic E-state index is 0.381. The van der Waals surface area contributed by atoms with E-state index in [0.717, 1.165) is 37.2 Å². The van der Waals surface area contributed by atoms with Crippen molar-refractivity contribution in [1.82, 2.24) is 9.55 Å². The van der Waals surface area contributed by atoms with Crippen LogP contribution in [0.25, 0.3) is 0 Å². The van der Waals surface area contributed by atoms with Gasteiger partial charge in [0.15, 0.2) is 0 Å². The van der Waals surface area contributed by atoms with Crippen LogP contribution in [0.2, 0.25) is 0 Å². The molecule has 1 unspecified atom stereocenters. The Labute approximate surface area is 83.5 Å². The number of aromatic nitrogens is 2. The maximum Gasteiger partial charge on any atom is 0.132 e. The van der Waals surface area contributed by atoms with Crippen molar-refractivity contribution in [2.24, 2.45) is 0 Å². The Morgan fingerprint density at radius 3 is 3.36 bits per heavy atom. The molecule has 0 amide bonds. The molecule has 4 nitrogen and oxygen atoms in total. The number of hydrogen-bond donors (Lipinski definition) is 1. The predicted octanol–water partition coefficient (Wildman–Crippen LogP) is 0.899. The summed E-state index contributed by atoms with van der Waals surface area (Å²) in [6, 6.07) is 0. The standard InChI is InChI=1S/C10H16N2O2/c1-14-6-5-9-11-7-8-3-2-4-10(13)12(8)9/h7,10,13H,2-6H2,1H3. The number of rotatable bonds is 3. The van der Waals surface area contributed by atoms with Gasteiger partial charge in [-0.3, -0.25) is 0 Å². The van der Waals surface area contributed by atoms with E-state index in [0.29, 0.717) is 6.61 Å². The molecule has 0 aliphatic carbocycles. The first-order valence-corrected chi connectivity index (χ1v) is 5.05. The molecular formula is C10H16N2O2. The van der Waals surface area contributed by atoms with Crippen molar-refractivity contribution in [3.05, 3.63) is 17.7 Å². The van der Waals surface area contributed by atoms with E-state index in [1.165, 1.54) is 0 Å². The van der Waals surface area contributed by atoms with Crippen molar-refractivity contribution in [3.63, 3.8) is 0 Å². The van der Waals surface area contributed by atoms with Gasteiger partial charge in [-0.05, 0) is 19.3 Å². The zero-order valence-electron chi connectivity index (χ0n) is 8.44. The molecule has 0 saturated heterocycles. The number of ether oxygens (including phenoxy) is 1. The van der Waals surface area contributed by atoms with Crippen LogP contribution in [-0.4, -0.2) is 28.4 Å². The van der Waals surface area contributed by atoms with E-state index in [9.17, 15) is 5.11 Å². The van der Waals surface area contributed by atoms with Crippen LogP contribution < -0.4 is 0 Å². The van der Waals surface area contributed by atoms with Gasteiger partial charge in [0.2, 0.25) is 0 Å². The van der Waals surface area contributed by atoms with Crippen molar-refractivity contribution in [2.75, 3.05) is 13.7 Å². The summed E-state index contributed by atoms with van der Waals surface area (Å²) in [4.78, 5) is 4.31. The van der Waals surface area contributed by atoms with Crippen LogP contribution in [0.15, 0.2) is 6.20 Å². The second-order valence-corrected chi connectivity index (χ2v) is 3.65. The van der Waals surface area contributed by atoms with Crippen LogP contribution in [0.1, 0.15) is 30.6 Å². The topological polar surface area (TPSA) is 47.3 Å². The number of aliphatic hydroxyl groups is 1. The summed E-state index contributed by atoms with van der Waals surface area (Å²) in [5, 5.41) is 9.81. The Morgan fingerprint density at radius 2 is 2.57 bits per heavy atom. The highest BCUT2D eigenvalue weighted by molar-refractivity contribution is 5.09. The average Bonchev–Trinajstić information content (AvgIpc) is 2.59. The first kappa shape index (κ1) is 9.68. The first-order chi connectivity index (χ1) is 6.83. The van der Waals surface area contributed by atoms with E-state index in [2.05, 4.69) is 4.98 Å². The lowest BCUT2D eigenvalue weighted by Gasteiger charge is -2.22. The van der Waals surface area contributed by atoms with Gasteiger partial charge in [0.25, 0.3) is 0 Å². The molecule has 0 radical (unpaired) electrons. The van der Waals surface area contributed by atoms with Crippen molar-refractivity contribution < 1.29 is 9.84 Å². The summed E-state index contributed by atoms with van der Waals surface area (Å²) in [6.45, 7) is 0.656. The highest BCUT2D eigenvalue weighted by Gasteiger charge is 2.20. The van der Waals surface area contributed by atoms with Crippen molar-refractivity contribution in [2.45, 2.75) is 31.9 Å². The SMILES string of the molecule is COCCc1ncc2n1C(O)CCC2. The van der Waals surface area contributed by atoms with Crippen LogP contribution in [-0.2, 0) is 17.6 Å². The zero-order valence-corrected chi connectivity index (χ0v) is 8.44. The monoisotopic (exact) mass is 196 g/mol. The second-order valence-electron chi connectivity index (χ2n) is 3.65. The van der Waals surface area contributed by atoms with Gasteiger partial charge in [-0.15, -0.1) is 0 Å². The second kappa shape index (κ2) is 4.11. The lowest BCUT2D eigenvalue weighted by Crippen LogP contribution is -2.19. The molecule has 2 rings (SSSR count). The molecule has 14 heavy (non-hydrogen) atoms. The van der Waals surface area contributed by atoms with Gasteiger partial charge in [0, 0.05) is 25.4 Å². The van der Waals surface area contributed by atoms with Crippen LogP contribution in [0, 0.1) is 0 Å². The smallest absolute Gasteiger partial charge is 0.132 e. The largest absolute Gasteiger partial charge is 0.384 e. The van der Waals surface area contributed by atoms with Crippen LogP contribution in [0.5, 0.6) is 0 Å². The Bertz CT molecular complexity index is 309. The summed E-state index contributed by atoms with van der Waals surface area (Å²) >= 11 is 0. The van der Waals surface area contributed by atoms with Crippen LogP contribution in [0.4, 0.5) is 0 Å². The highest BCUT2D eigenvalue weighted by Crippen LogP contribution is 2.24. The molecule has 1 atom stereocenters. The summed E-state index contributed by atoms with van der Waals surface area (Å²) < 4.78 is 6.95. The molecule has 0 aromatic carbocycles. The summed E-state index contributed by atoms with van der Waals surface area (Å²) in [5.74, 6) is 0.939. The van der Waals surface area contributed by atoms with Crippen molar-refractivity contribution >= 4 is 0 Å². The Morgan fingerprint density at radius 1 is 1.71 bits per heavy atom. The summed E-state index contributed by atoms with van der Waals surface area (Å²) in [7, 11) is 1.68. The number of fused-ring (bicyclic) bond motifs is 1. The molecule has 1 aliphatic rings. The Kier molecular flexibility index (Phi) is 2.84. The molecule has 1 aliphatic heterocycles. The molecule has 2 heterocycles. The highest BCUT2D eigenvalue weighted by atomic mass is 16.5. The lowest BCUT2D eigenvalue weighted by molar-refractivity contribution is 0.0744. The third-order valence-electron chi connectivity index (χ3n) is 2.67. The fourth-order valence-electron chi connectivity index (χ4n) is 1.96. The van der Waals surface area contributed by atoms with Gasteiger partial charge >= 0.3 is 0 Å². The van der Waals surface area contributed by atoms with Gasteiger partial charge in [-0.2, -0.15) is 0 Å². The molecular weight excluding hydrogens is 180 g/mol. The number of aryl methyl sites for hydroxylation is 1. The van der Waals surface area contributed by atoms with Crippen molar-refractivity contribution in [1.29, 1.82) is 0 Å². The summed E-state index contributed by atoms with van der Waals surface area (Å²) in [6.07, 6.45) is 5.17. The van der Waals surface area contributed by atoms with Gasteiger partial charge < -0.3 is 14.4 Å². The molecule has 1 aromatic rings. The van der Waals surface area contributed by atoms with Gasteiger partial charge in [0.05, 0.1) is 6.61 Å². The number of imidazole rings is 1. The van der Waals surface area contributed by atoms with Gasteiger partial charge in [-0.1, -0.05) is 0 Å². The van der Waals surface area contributed by atoms with E-state index in [-0.39, 0.29) is 6.23 Å². The average molecular weight is 196 g/mol. The molecule has 0 saturated carbocycles. The maximum atomic E-state index is 9.81. The normalized spacial score (nSPS) is 20.9. The summed E-state index contributed by atoms with van der Waals surface area (Å²) in [5.41, 5.74) is 1.15. The minimum Gasteiger partial charge on any atom is -0.384 e. The van der Waals surface area contributed by atoms with E-state index in [1.54, 1.807) is 7.11 Å². The third kappa shape index (κ3) is 1.67. The number of aliphatic hydroxyl groups excluding tert-OH is 1. The molecule has 1 N–H and O–H groups in total. The number of methoxy groups -OCH3 is 1. The Balaban J connectivity index is 2.20. The Hall–Kier alpha value is -0.870. The van der Waals surface area contributed by atoms with Gasteiger partial charge in [-0.25, -0.2) is 4.98 Å². The van der Waals surface area contributed by atoms with Crippen LogP contribution in [0.3, 0.4) is 0 Å². The molecule has 4 heteroatoms. The fraction of sp³-hybridized carbons (Fsp3) is 0.700. The molecule has 0 spiro atoms. The lowest BCUT2D eigenvalue weighted by atomic mass is 10.1. The molecule has 0 fully saturated rings. The molecule has 0 bridgehead atoms. The number of hydrogen-bond acceptors (Lipinski definition) is 3. The van der Waals surface area contributed by atoms with Gasteiger partial charge in [0.1, 0.15) is 12.1 Å². The van der Waals surface area contributed by atoms with E-state index >= 15 is 0 Å². The predicted molar refractivity (Wildman–Crippen MR) is 52.0 cm³/mol. The maximum absolute atomic E-state index is 9.81. The van der Waals surface area contributed by atoms with Crippen molar-refractivity contribution in [3.8, 4) is 0 Å². The number of nitrogens with zero attached hydrogens (tertiary/aromatic N) is 2. The molecule has 1 aromatic heterocycles. The first-order valence-electron chi connectivity index (χ1n) is 5.05. The van der Waals surface area contributed by atoms with E-state index in [4.69, 9.17) is 4.74 Å². The van der Waals surface area contributed by atoms with Crippen LogP contribution >= 0.6 is 0 Å². The van der Waals surface area contributed by atoms with E-state index in [1.807, 2.05) is 10.8 Å². The van der Waals surface area contributed by atoms with E-state index < -0.39 is 0 Å². The zero-order chi connectivity index (χ0) is 9.97.